The molecule has 0 aliphatic carbocycles. The van der Waals surface area contributed by atoms with Gasteiger partial charge in [0.1, 0.15) is 5.82 Å². The van der Waals surface area contributed by atoms with Gasteiger partial charge < -0.3 is 9.47 Å². The standard InChI is InChI=1S/C28H27N3O/c1-20-10-8-16-25(21(20)2)31-19-23(18-27(31)32)28-29-24-14-6-7-15-26(24)30(28)17-9-13-22-11-4-3-5-12-22/h3-16,23H,17-19H2,1-2H3/b13-9+. The van der Waals surface area contributed by atoms with E-state index < -0.39 is 0 Å². The highest BCUT2D eigenvalue weighted by molar-refractivity contribution is 5.97. The Kier molecular flexibility index (Phi) is 5.36. The maximum Gasteiger partial charge on any atom is 0.227 e. The van der Waals surface area contributed by atoms with Gasteiger partial charge in [0.25, 0.3) is 0 Å². The summed E-state index contributed by atoms with van der Waals surface area (Å²) in [4.78, 5) is 19.9. The van der Waals surface area contributed by atoms with E-state index in [1.807, 2.05) is 47.4 Å². The first kappa shape index (κ1) is 20.3. The van der Waals surface area contributed by atoms with Gasteiger partial charge in [-0.05, 0) is 48.7 Å². The van der Waals surface area contributed by atoms with Crippen LogP contribution in [0.2, 0.25) is 0 Å². The number of aryl methyl sites for hydroxylation is 1. The molecule has 0 saturated carbocycles. The number of carbonyl (C=O) groups excluding carboxylic acids is 1. The summed E-state index contributed by atoms with van der Waals surface area (Å²) in [5.74, 6) is 1.23. The molecule has 1 aromatic heterocycles. The molecule has 4 aromatic rings. The molecular formula is C28H27N3O. The second-order valence-electron chi connectivity index (χ2n) is 8.51. The molecule has 32 heavy (non-hydrogen) atoms. The van der Waals surface area contributed by atoms with Gasteiger partial charge in [-0.3, -0.25) is 4.79 Å². The summed E-state index contributed by atoms with van der Waals surface area (Å²) >= 11 is 0. The van der Waals surface area contributed by atoms with Crippen molar-refractivity contribution in [1.82, 2.24) is 9.55 Å². The van der Waals surface area contributed by atoms with Crippen molar-refractivity contribution in [2.24, 2.45) is 0 Å². The van der Waals surface area contributed by atoms with E-state index in [2.05, 4.69) is 60.9 Å². The number of para-hydroxylation sites is 2. The lowest BCUT2D eigenvalue weighted by molar-refractivity contribution is -0.117. The van der Waals surface area contributed by atoms with Gasteiger partial charge in [0.2, 0.25) is 5.91 Å². The van der Waals surface area contributed by atoms with E-state index in [1.165, 1.54) is 16.7 Å². The molecular weight excluding hydrogens is 394 g/mol. The Hall–Kier alpha value is -3.66. The number of carbonyl (C=O) groups is 1. The fourth-order valence-corrected chi connectivity index (χ4v) is 4.60. The number of hydrogen-bond acceptors (Lipinski definition) is 2. The molecule has 1 saturated heterocycles. The average molecular weight is 422 g/mol. The molecule has 1 unspecified atom stereocenters. The quantitative estimate of drug-likeness (QED) is 0.403. The van der Waals surface area contributed by atoms with Crippen LogP contribution in [0.5, 0.6) is 0 Å². The first-order valence-corrected chi connectivity index (χ1v) is 11.1. The smallest absolute Gasteiger partial charge is 0.227 e. The predicted molar refractivity (Wildman–Crippen MR) is 131 cm³/mol. The van der Waals surface area contributed by atoms with Gasteiger partial charge >= 0.3 is 0 Å². The molecule has 4 heteroatoms. The van der Waals surface area contributed by atoms with Crippen molar-refractivity contribution in [1.29, 1.82) is 0 Å². The number of rotatable bonds is 5. The van der Waals surface area contributed by atoms with Crippen LogP contribution in [0.3, 0.4) is 0 Å². The van der Waals surface area contributed by atoms with Crippen molar-refractivity contribution < 1.29 is 4.79 Å². The number of benzene rings is 3. The van der Waals surface area contributed by atoms with Gasteiger partial charge in [0.15, 0.2) is 0 Å². The van der Waals surface area contributed by atoms with Gasteiger partial charge in [0, 0.05) is 31.1 Å². The molecule has 0 radical (unpaired) electrons. The zero-order valence-corrected chi connectivity index (χ0v) is 18.5. The van der Waals surface area contributed by atoms with E-state index in [4.69, 9.17) is 4.98 Å². The van der Waals surface area contributed by atoms with Gasteiger partial charge in [0.05, 0.1) is 11.0 Å². The Balaban J connectivity index is 1.47. The first-order chi connectivity index (χ1) is 15.6. The molecule has 1 atom stereocenters. The summed E-state index contributed by atoms with van der Waals surface area (Å²) < 4.78 is 2.26. The minimum Gasteiger partial charge on any atom is -0.324 e. The molecule has 0 N–H and O–H groups in total. The monoisotopic (exact) mass is 421 g/mol. The molecule has 160 valence electrons. The fraction of sp³-hybridized carbons (Fsp3) is 0.214. The minimum atomic E-state index is 0.0694. The normalized spacial score (nSPS) is 16.5. The van der Waals surface area contributed by atoms with Crippen LogP contribution >= 0.6 is 0 Å². The molecule has 0 bridgehead atoms. The van der Waals surface area contributed by atoms with Gasteiger partial charge in [-0.1, -0.05) is 66.7 Å². The van der Waals surface area contributed by atoms with E-state index in [0.717, 1.165) is 29.1 Å². The fourth-order valence-electron chi connectivity index (χ4n) is 4.60. The Bertz CT molecular complexity index is 1300. The third-order valence-electron chi connectivity index (χ3n) is 6.44. The molecule has 5 rings (SSSR count). The molecule has 1 amide bonds. The Morgan fingerprint density at radius 1 is 0.969 bits per heavy atom. The lowest BCUT2D eigenvalue weighted by atomic mass is 10.1. The summed E-state index contributed by atoms with van der Waals surface area (Å²) in [6.07, 6.45) is 4.80. The highest BCUT2D eigenvalue weighted by Gasteiger charge is 2.35. The number of amides is 1. The van der Waals surface area contributed by atoms with Crippen molar-refractivity contribution in [3.63, 3.8) is 0 Å². The number of nitrogens with zero attached hydrogens (tertiary/aromatic N) is 3. The third-order valence-corrected chi connectivity index (χ3v) is 6.44. The maximum atomic E-state index is 13.0. The van der Waals surface area contributed by atoms with E-state index >= 15 is 0 Å². The highest BCUT2D eigenvalue weighted by atomic mass is 16.2. The molecule has 4 nitrogen and oxygen atoms in total. The molecule has 0 spiro atoms. The topological polar surface area (TPSA) is 38.1 Å². The lowest BCUT2D eigenvalue weighted by Gasteiger charge is -2.20. The van der Waals surface area contributed by atoms with Crippen molar-refractivity contribution in [2.45, 2.75) is 32.7 Å². The van der Waals surface area contributed by atoms with Gasteiger partial charge in [-0.25, -0.2) is 4.98 Å². The number of imidazole rings is 1. The van der Waals surface area contributed by atoms with Crippen LogP contribution in [-0.4, -0.2) is 22.0 Å². The van der Waals surface area contributed by atoms with Crippen LogP contribution in [0.15, 0.2) is 78.9 Å². The van der Waals surface area contributed by atoms with E-state index in [0.29, 0.717) is 13.0 Å². The summed E-state index contributed by atoms with van der Waals surface area (Å²) in [6.45, 7) is 5.57. The molecule has 1 fully saturated rings. The van der Waals surface area contributed by atoms with Crippen LogP contribution in [0.25, 0.3) is 17.1 Å². The van der Waals surface area contributed by atoms with Crippen LogP contribution in [0.4, 0.5) is 5.69 Å². The lowest BCUT2D eigenvalue weighted by Crippen LogP contribution is -2.25. The zero-order valence-electron chi connectivity index (χ0n) is 18.5. The largest absolute Gasteiger partial charge is 0.324 e. The number of allylic oxidation sites excluding steroid dienone is 1. The Morgan fingerprint density at radius 2 is 1.75 bits per heavy atom. The maximum absolute atomic E-state index is 13.0. The predicted octanol–water partition coefficient (Wildman–Crippen LogP) is 5.89. The molecule has 2 heterocycles. The van der Waals surface area contributed by atoms with Crippen LogP contribution < -0.4 is 4.90 Å². The van der Waals surface area contributed by atoms with Crippen LogP contribution in [-0.2, 0) is 11.3 Å². The summed E-state index contributed by atoms with van der Waals surface area (Å²) in [6, 6.07) is 24.7. The second kappa shape index (κ2) is 8.46. The van der Waals surface area contributed by atoms with Gasteiger partial charge in [-0.15, -0.1) is 0 Å². The molecule has 3 aromatic carbocycles. The number of hydrogen-bond donors (Lipinski definition) is 0. The van der Waals surface area contributed by atoms with E-state index in [9.17, 15) is 4.79 Å². The molecule has 1 aliphatic rings. The first-order valence-electron chi connectivity index (χ1n) is 11.1. The zero-order chi connectivity index (χ0) is 22.1. The SMILES string of the molecule is Cc1cccc(N2CC(c3nc4ccccc4n3C/C=C/c3ccccc3)CC2=O)c1C. The number of aromatic nitrogens is 2. The van der Waals surface area contributed by atoms with Crippen molar-refractivity contribution in [2.75, 3.05) is 11.4 Å². The summed E-state index contributed by atoms with van der Waals surface area (Å²) in [5.41, 5.74) is 6.66. The summed E-state index contributed by atoms with van der Waals surface area (Å²) in [5, 5.41) is 0. The van der Waals surface area contributed by atoms with Crippen LogP contribution in [0, 0.1) is 13.8 Å². The number of anilines is 1. The van der Waals surface area contributed by atoms with Crippen molar-refractivity contribution >= 4 is 28.7 Å². The third kappa shape index (κ3) is 3.73. The molecule has 1 aliphatic heterocycles. The highest BCUT2D eigenvalue weighted by Crippen LogP contribution is 2.35. The summed E-state index contributed by atoms with van der Waals surface area (Å²) in [7, 11) is 0. The minimum absolute atomic E-state index is 0.0694. The van der Waals surface area contributed by atoms with Crippen LogP contribution in [0.1, 0.15) is 34.9 Å². The Labute approximate surface area is 188 Å². The van der Waals surface area contributed by atoms with E-state index in [-0.39, 0.29) is 11.8 Å². The van der Waals surface area contributed by atoms with E-state index in [1.54, 1.807) is 0 Å². The van der Waals surface area contributed by atoms with Crippen molar-refractivity contribution in [3.05, 3.63) is 101 Å². The Morgan fingerprint density at radius 3 is 2.59 bits per heavy atom. The number of fused-ring (bicyclic) bond motifs is 1. The van der Waals surface area contributed by atoms with Gasteiger partial charge in [-0.2, -0.15) is 0 Å². The van der Waals surface area contributed by atoms with Crippen molar-refractivity contribution in [3.8, 4) is 0 Å². The second-order valence-corrected chi connectivity index (χ2v) is 8.51. The average Bonchev–Trinajstić information content (AvgIpc) is 3.37.